The first-order chi connectivity index (χ1) is 15.1. The predicted octanol–water partition coefficient (Wildman–Crippen LogP) is 3.06. The molecule has 4 rings (SSSR count). The average molecular weight is 550 g/mol. The average Bonchev–Trinajstić information content (AvgIpc) is 3.42. The van der Waals surface area contributed by atoms with E-state index >= 15 is 0 Å². The van der Waals surface area contributed by atoms with Gasteiger partial charge in [0.2, 0.25) is 0 Å². The molecule has 3 aromatic rings. The maximum Gasteiger partial charge on any atom is 0.191 e. The molecule has 0 aromatic carbocycles. The van der Waals surface area contributed by atoms with E-state index in [9.17, 15) is 4.39 Å². The fraction of sp³-hybridized carbons (Fsp3) is 0.364. The molecule has 0 bridgehead atoms. The van der Waals surface area contributed by atoms with E-state index < -0.39 is 0 Å². The molecule has 4 heterocycles. The lowest BCUT2D eigenvalue weighted by atomic mass is 10.2. The van der Waals surface area contributed by atoms with Crippen molar-refractivity contribution in [2.75, 3.05) is 24.5 Å². The molecule has 0 saturated carbocycles. The van der Waals surface area contributed by atoms with Gasteiger partial charge >= 0.3 is 0 Å². The fourth-order valence-corrected chi connectivity index (χ4v) is 3.64. The SMILES string of the molecule is CCNC(=NCc1ccc(-n2ccnc2C)nc1)NC1CCN(c2ncccc2F)C1.I. The Morgan fingerprint density at radius 3 is 2.78 bits per heavy atom. The number of imidazole rings is 1. The highest BCUT2D eigenvalue weighted by atomic mass is 127. The van der Waals surface area contributed by atoms with Crippen molar-refractivity contribution in [2.45, 2.75) is 32.9 Å². The summed E-state index contributed by atoms with van der Waals surface area (Å²) in [5, 5.41) is 6.75. The van der Waals surface area contributed by atoms with Crippen LogP contribution in [-0.4, -0.2) is 51.2 Å². The number of nitrogens with one attached hydrogen (secondary N) is 2. The zero-order chi connectivity index (χ0) is 21.6. The van der Waals surface area contributed by atoms with Gasteiger partial charge in [-0.1, -0.05) is 6.07 Å². The van der Waals surface area contributed by atoms with Crippen molar-refractivity contribution in [3.63, 3.8) is 0 Å². The fourth-order valence-electron chi connectivity index (χ4n) is 3.64. The molecule has 2 N–H and O–H groups in total. The van der Waals surface area contributed by atoms with Gasteiger partial charge in [-0.3, -0.25) is 4.57 Å². The van der Waals surface area contributed by atoms with Gasteiger partial charge in [0.25, 0.3) is 0 Å². The number of hydrogen-bond acceptors (Lipinski definition) is 5. The summed E-state index contributed by atoms with van der Waals surface area (Å²) in [6.45, 7) is 6.68. The molecule has 3 aromatic heterocycles. The minimum atomic E-state index is -0.287. The van der Waals surface area contributed by atoms with Crippen LogP contribution in [0.1, 0.15) is 24.7 Å². The first-order valence-electron chi connectivity index (χ1n) is 10.5. The lowest BCUT2D eigenvalue weighted by Gasteiger charge is -2.20. The van der Waals surface area contributed by atoms with E-state index in [2.05, 4.69) is 25.6 Å². The minimum Gasteiger partial charge on any atom is -0.357 e. The second-order valence-corrected chi connectivity index (χ2v) is 7.45. The van der Waals surface area contributed by atoms with Gasteiger partial charge in [-0.15, -0.1) is 24.0 Å². The van der Waals surface area contributed by atoms with E-state index in [0.717, 1.165) is 42.7 Å². The van der Waals surface area contributed by atoms with E-state index in [1.807, 2.05) is 47.8 Å². The molecule has 0 amide bonds. The van der Waals surface area contributed by atoms with Crippen molar-refractivity contribution in [1.29, 1.82) is 0 Å². The molecule has 1 atom stereocenters. The Morgan fingerprint density at radius 2 is 2.09 bits per heavy atom. The predicted molar refractivity (Wildman–Crippen MR) is 134 cm³/mol. The standard InChI is InChI=1S/C22H27FN8.HI/c1-3-24-22(29-18-8-11-30(15-18)21-19(23)5-4-9-26-21)28-14-17-6-7-20(27-13-17)31-12-10-25-16(31)2;/h4-7,9-10,12-13,18H,3,8,11,14-15H2,1-2H3,(H2,24,28,29);1H. The topological polar surface area (TPSA) is 83.3 Å². The van der Waals surface area contributed by atoms with Crippen LogP contribution in [0.15, 0.2) is 54.0 Å². The van der Waals surface area contributed by atoms with Crippen LogP contribution in [0.2, 0.25) is 0 Å². The van der Waals surface area contributed by atoms with Crippen LogP contribution in [0.3, 0.4) is 0 Å². The van der Waals surface area contributed by atoms with Gasteiger partial charge in [-0.2, -0.15) is 0 Å². The number of anilines is 1. The van der Waals surface area contributed by atoms with Gasteiger partial charge in [-0.25, -0.2) is 24.3 Å². The summed E-state index contributed by atoms with van der Waals surface area (Å²) in [6, 6.07) is 7.22. The third kappa shape index (κ3) is 5.72. The summed E-state index contributed by atoms with van der Waals surface area (Å²) in [5.41, 5.74) is 1.02. The van der Waals surface area contributed by atoms with Gasteiger partial charge in [0.05, 0.1) is 6.54 Å². The molecule has 1 fully saturated rings. The minimum absolute atomic E-state index is 0. The van der Waals surface area contributed by atoms with Crippen LogP contribution in [0.5, 0.6) is 0 Å². The molecular formula is C22H28FIN8. The zero-order valence-corrected chi connectivity index (χ0v) is 20.5. The Kier molecular flexibility index (Phi) is 8.37. The molecular weight excluding hydrogens is 522 g/mol. The number of aliphatic imine (C=N–C) groups is 1. The summed E-state index contributed by atoms with van der Waals surface area (Å²) < 4.78 is 16.0. The number of hydrogen-bond donors (Lipinski definition) is 2. The van der Waals surface area contributed by atoms with Crippen LogP contribution in [-0.2, 0) is 6.54 Å². The van der Waals surface area contributed by atoms with E-state index in [1.54, 1.807) is 18.5 Å². The second kappa shape index (κ2) is 11.2. The van der Waals surface area contributed by atoms with E-state index in [4.69, 9.17) is 4.99 Å². The van der Waals surface area contributed by atoms with E-state index in [1.165, 1.54) is 6.07 Å². The highest BCUT2D eigenvalue weighted by Gasteiger charge is 2.25. The summed E-state index contributed by atoms with van der Waals surface area (Å²) in [6.07, 6.45) is 8.00. The van der Waals surface area contributed by atoms with Crippen LogP contribution in [0, 0.1) is 12.7 Å². The zero-order valence-electron chi connectivity index (χ0n) is 18.2. The first kappa shape index (κ1) is 23.9. The molecule has 0 radical (unpaired) electrons. The molecule has 0 spiro atoms. The van der Waals surface area contributed by atoms with Crippen molar-refractivity contribution < 1.29 is 4.39 Å². The quantitative estimate of drug-likeness (QED) is 0.279. The van der Waals surface area contributed by atoms with Crippen LogP contribution in [0.25, 0.3) is 5.82 Å². The summed E-state index contributed by atoms with van der Waals surface area (Å²) >= 11 is 0. The number of aromatic nitrogens is 4. The number of guanidine groups is 1. The van der Waals surface area contributed by atoms with Crippen molar-refractivity contribution in [3.8, 4) is 5.82 Å². The molecule has 1 aliphatic rings. The normalized spacial score (nSPS) is 16.0. The molecule has 1 saturated heterocycles. The third-order valence-corrected chi connectivity index (χ3v) is 5.21. The lowest BCUT2D eigenvalue weighted by Crippen LogP contribution is -2.44. The van der Waals surface area contributed by atoms with Crippen molar-refractivity contribution in [3.05, 3.63) is 66.3 Å². The maximum absolute atomic E-state index is 14.0. The molecule has 1 aliphatic heterocycles. The summed E-state index contributed by atoms with van der Waals surface area (Å²) in [4.78, 5) is 19.6. The van der Waals surface area contributed by atoms with Crippen molar-refractivity contribution in [1.82, 2.24) is 30.2 Å². The Balaban J connectivity index is 0.00000289. The Morgan fingerprint density at radius 1 is 1.22 bits per heavy atom. The number of nitrogens with zero attached hydrogens (tertiary/aromatic N) is 6. The number of halogens is 2. The summed E-state index contributed by atoms with van der Waals surface area (Å²) in [5.74, 6) is 2.60. The Hall–Kier alpha value is -2.76. The maximum atomic E-state index is 14.0. The Bertz CT molecular complexity index is 1040. The largest absolute Gasteiger partial charge is 0.357 e. The molecule has 10 heteroatoms. The highest BCUT2D eigenvalue weighted by molar-refractivity contribution is 14.0. The lowest BCUT2D eigenvalue weighted by molar-refractivity contribution is 0.612. The molecule has 1 unspecified atom stereocenters. The molecule has 170 valence electrons. The molecule has 32 heavy (non-hydrogen) atoms. The first-order valence-corrected chi connectivity index (χ1v) is 10.5. The van der Waals surface area contributed by atoms with Crippen LogP contribution < -0.4 is 15.5 Å². The highest BCUT2D eigenvalue weighted by Crippen LogP contribution is 2.20. The van der Waals surface area contributed by atoms with Crippen LogP contribution >= 0.6 is 24.0 Å². The smallest absolute Gasteiger partial charge is 0.191 e. The van der Waals surface area contributed by atoms with Crippen molar-refractivity contribution in [2.24, 2.45) is 4.99 Å². The summed E-state index contributed by atoms with van der Waals surface area (Å²) in [7, 11) is 0. The van der Waals surface area contributed by atoms with Gasteiger partial charge in [0.1, 0.15) is 11.6 Å². The molecule has 8 nitrogen and oxygen atoms in total. The van der Waals surface area contributed by atoms with Crippen LogP contribution in [0.4, 0.5) is 10.2 Å². The second-order valence-electron chi connectivity index (χ2n) is 7.45. The van der Waals surface area contributed by atoms with Crippen molar-refractivity contribution >= 4 is 35.8 Å². The number of pyridine rings is 2. The van der Waals surface area contributed by atoms with E-state index in [-0.39, 0.29) is 35.8 Å². The van der Waals surface area contributed by atoms with Gasteiger partial charge in [-0.05, 0) is 44.0 Å². The number of rotatable bonds is 6. The van der Waals surface area contributed by atoms with Gasteiger partial charge < -0.3 is 15.5 Å². The Labute approximate surface area is 204 Å². The monoisotopic (exact) mass is 550 g/mol. The number of aryl methyl sites for hydroxylation is 1. The molecule has 0 aliphatic carbocycles. The van der Waals surface area contributed by atoms with Gasteiger partial charge in [0, 0.05) is 50.5 Å². The van der Waals surface area contributed by atoms with E-state index in [0.29, 0.717) is 18.9 Å². The van der Waals surface area contributed by atoms with Gasteiger partial charge in [0.15, 0.2) is 17.6 Å². The third-order valence-electron chi connectivity index (χ3n) is 5.21.